The molecule has 0 fully saturated rings. The van der Waals surface area contributed by atoms with Crippen LogP contribution in [0.1, 0.15) is 17.7 Å². The lowest BCUT2D eigenvalue weighted by molar-refractivity contribution is 0.582. The molecule has 2 rings (SSSR count). The van der Waals surface area contributed by atoms with Gasteiger partial charge in [-0.05, 0) is 38.4 Å². The summed E-state index contributed by atoms with van der Waals surface area (Å²) in [7, 11) is -3.31. The average Bonchev–Trinajstić information content (AvgIpc) is 2.78. The minimum absolute atomic E-state index is 0.402. The lowest BCUT2D eigenvalue weighted by Gasteiger charge is -2.14. The van der Waals surface area contributed by atoms with Crippen LogP contribution in [0.2, 0.25) is 0 Å². The second-order valence-electron chi connectivity index (χ2n) is 4.33. The fraction of sp³-hybridized carbons (Fsp3) is 0.500. The fourth-order valence-electron chi connectivity index (χ4n) is 1.87. The zero-order valence-electron chi connectivity index (χ0n) is 10.4. The molecular weight excluding hydrogens is 268 g/mol. The van der Waals surface area contributed by atoms with E-state index in [1.165, 1.54) is 16.9 Å². The summed E-state index contributed by atoms with van der Waals surface area (Å²) in [5, 5.41) is 3.24. The first-order valence-corrected chi connectivity index (χ1v) is 8.32. The van der Waals surface area contributed by atoms with Crippen LogP contribution in [0.15, 0.2) is 28.0 Å². The number of nitrogens with one attached hydrogen (secondary N) is 2. The summed E-state index contributed by atoms with van der Waals surface area (Å²) >= 11 is 1.31. The highest BCUT2D eigenvalue weighted by atomic mass is 32.2. The molecule has 0 saturated heterocycles. The Hall–Kier alpha value is -0.690. The number of aryl methyl sites for hydroxylation is 1. The van der Waals surface area contributed by atoms with Crippen LogP contribution in [0, 0.1) is 6.92 Å². The summed E-state index contributed by atoms with van der Waals surface area (Å²) in [6.07, 6.45) is 3.96. The second kappa shape index (κ2) is 5.97. The van der Waals surface area contributed by atoms with Gasteiger partial charge in [-0.25, -0.2) is 13.1 Å². The quantitative estimate of drug-likeness (QED) is 0.809. The van der Waals surface area contributed by atoms with Crippen LogP contribution in [0.4, 0.5) is 0 Å². The molecule has 0 amide bonds. The summed E-state index contributed by atoms with van der Waals surface area (Å²) in [6.45, 7) is 4.27. The van der Waals surface area contributed by atoms with Gasteiger partial charge in [-0.2, -0.15) is 0 Å². The third kappa shape index (κ3) is 3.65. The molecule has 0 bridgehead atoms. The van der Waals surface area contributed by atoms with Gasteiger partial charge >= 0.3 is 0 Å². The van der Waals surface area contributed by atoms with Crippen molar-refractivity contribution in [3.8, 4) is 0 Å². The van der Waals surface area contributed by atoms with Gasteiger partial charge in [-0.15, -0.1) is 11.3 Å². The Kier molecular flexibility index (Phi) is 4.55. The third-order valence-corrected chi connectivity index (χ3v) is 5.83. The molecule has 1 aliphatic heterocycles. The predicted octanol–water partition coefficient (Wildman–Crippen LogP) is 1.64. The number of rotatable bonds is 5. The number of sulfonamides is 1. The van der Waals surface area contributed by atoms with Gasteiger partial charge < -0.3 is 5.32 Å². The predicted molar refractivity (Wildman–Crippen MR) is 74.4 cm³/mol. The molecule has 2 heterocycles. The number of hydrogen-bond donors (Lipinski definition) is 2. The van der Waals surface area contributed by atoms with Crippen LogP contribution in [0.5, 0.6) is 0 Å². The normalized spacial score (nSPS) is 16.6. The van der Waals surface area contributed by atoms with Crippen LogP contribution in [0.3, 0.4) is 0 Å². The molecule has 2 N–H and O–H groups in total. The van der Waals surface area contributed by atoms with E-state index in [2.05, 4.69) is 16.1 Å². The van der Waals surface area contributed by atoms with Crippen LogP contribution >= 0.6 is 11.3 Å². The van der Waals surface area contributed by atoms with Crippen molar-refractivity contribution in [2.75, 3.05) is 19.6 Å². The molecule has 100 valence electrons. The number of hydrogen-bond acceptors (Lipinski definition) is 4. The van der Waals surface area contributed by atoms with Crippen molar-refractivity contribution in [1.29, 1.82) is 0 Å². The maximum Gasteiger partial charge on any atom is 0.250 e. The van der Waals surface area contributed by atoms with Gasteiger partial charge in [-0.1, -0.05) is 11.6 Å². The van der Waals surface area contributed by atoms with Gasteiger partial charge in [0.2, 0.25) is 10.0 Å². The van der Waals surface area contributed by atoms with Crippen molar-refractivity contribution in [1.82, 2.24) is 10.0 Å². The Bertz CT molecular complexity index is 532. The minimum Gasteiger partial charge on any atom is -0.313 e. The van der Waals surface area contributed by atoms with Gasteiger partial charge in [0.1, 0.15) is 4.21 Å². The standard InChI is InChI=1S/C12H18N2O2S2/c1-10-2-3-12(17-10)18(15,16)14-9-6-11-4-7-13-8-5-11/h2-4,13-14H,5-9H2,1H3. The van der Waals surface area contributed by atoms with E-state index in [0.29, 0.717) is 10.8 Å². The van der Waals surface area contributed by atoms with E-state index in [9.17, 15) is 8.42 Å². The lowest BCUT2D eigenvalue weighted by Crippen LogP contribution is -2.26. The van der Waals surface area contributed by atoms with Gasteiger partial charge in [0.05, 0.1) is 0 Å². The van der Waals surface area contributed by atoms with E-state index in [1.54, 1.807) is 6.07 Å². The van der Waals surface area contributed by atoms with Crippen LogP contribution in [-0.4, -0.2) is 28.1 Å². The molecule has 4 nitrogen and oxygen atoms in total. The van der Waals surface area contributed by atoms with Gasteiger partial charge in [0.25, 0.3) is 0 Å². The molecular formula is C12H18N2O2S2. The van der Waals surface area contributed by atoms with Crippen molar-refractivity contribution in [2.24, 2.45) is 0 Å². The van der Waals surface area contributed by atoms with E-state index in [4.69, 9.17) is 0 Å². The maximum atomic E-state index is 12.0. The molecule has 0 radical (unpaired) electrons. The Morgan fingerprint density at radius 1 is 1.44 bits per heavy atom. The topological polar surface area (TPSA) is 58.2 Å². The highest BCUT2D eigenvalue weighted by molar-refractivity contribution is 7.91. The second-order valence-corrected chi connectivity index (χ2v) is 7.61. The average molecular weight is 286 g/mol. The maximum absolute atomic E-state index is 12.0. The Morgan fingerprint density at radius 3 is 2.89 bits per heavy atom. The van der Waals surface area contributed by atoms with Crippen molar-refractivity contribution in [2.45, 2.75) is 24.0 Å². The van der Waals surface area contributed by atoms with E-state index in [-0.39, 0.29) is 0 Å². The molecule has 0 aromatic carbocycles. The fourth-order valence-corrected chi connectivity index (χ4v) is 4.23. The zero-order chi connectivity index (χ0) is 13.0. The van der Waals surface area contributed by atoms with Crippen LogP contribution in [-0.2, 0) is 10.0 Å². The minimum atomic E-state index is -3.31. The highest BCUT2D eigenvalue weighted by Crippen LogP contribution is 2.20. The van der Waals surface area contributed by atoms with E-state index in [1.807, 2.05) is 13.0 Å². The Labute approximate surface area is 112 Å². The molecule has 18 heavy (non-hydrogen) atoms. The van der Waals surface area contributed by atoms with Crippen LogP contribution in [0.25, 0.3) is 0 Å². The molecule has 0 atom stereocenters. The molecule has 0 saturated carbocycles. The van der Waals surface area contributed by atoms with Gasteiger partial charge in [0.15, 0.2) is 0 Å². The zero-order valence-corrected chi connectivity index (χ0v) is 12.0. The van der Waals surface area contributed by atoms with Crippen molar-refractivity contribution in [3.05, 3.63) is 28.7 Å². The number of thiophene rings is 1. The summed E-state index contributed by atoms with van der Waals surface area (Å²) in [6, 6.07) is 3.49. The molecule has 6 heteroatoms. The van der Waals surface area contributed by atoms with E-state index < -0.39 is 10.0 Å². The first-order chi connectivity index (χ1) is 8.58. The third-order valence-electron chi connectivity index (χ3n) is 2.88. The van der Waals surface area contributed by atoms with Gasteiger partial charge in [0, 0.05) is 18.0 Å². The molecule has 1 aromatic rings. The SMILES string of the molecule is Cc1ccc(S(=O)(=O)NCCC2=CCNCC2)s1. The first-order valence-electron chi connectivity index (χ1n) is 6.03. The molecule has 0 aliphatic carbocycles. The summed E-state index contributed by atoms with van der Waals surface area (Å²) in [4.78, 5) is 1.01. The molecule has 1 aliphatic rings. The summed E-state index contributed by atoms with van der Waals surface area (Å²) in [5.41, 5.74) is 1.33. The van der Waals surface area contributed by atoms with Crippen LogP contribution < -0.4 is 10.0 Å². The lowest BCUT2D eigenvalue weighted by atomic mass is 10.1. The summed E-state index contributed by atoms with van der Waals surface area (Å²) in [5.74, 6) is 0. The first kappa shape index (κ1) is 13.7. The molecule has 0 unspecified atom stereocenters. The van der Waals surface area contributed by atoms with Crippen molar-refractivity contribution in [3.63, 3.8) is 0 Å². The Morgan fingerprint density at radius 2 is 2.28 bits per heavy atom. The molecule has 1 aromatic heterocycles. The monoisotopic (exact) mass is 286 g/mol. The van der Waals surface area contributed by atoms with Gasteiger partial charge in [-0.3, -0.25) is 0 Å². The molecule has 0 spiro atoms. The largest absolute Gasteiger partial charge is 0.313 e. The smallest absolute Gasteiger partial charge is 0.250 e. The van der Waals surface area contributed by atoms with E-state index in [0.717, 1.165) is 30.8 Å². The van der Waals surface area contributed by atoms with Crippen molar-refractivity contribution < 1.29 is 8.42 Å². The Balaban J connectivity index is 1.87. The highest BCUT2D eigenvalue weighted by Gasteiger charge is 2.15. The summed E-state index contributed by atoms with van der Waals surface area (Å²) < 4.78 is 27.0. The van der Waals surface area contributed by atoms with Crippen molar-refractivity contribution >= 4 is 21.4 Å². The van der Waals surface area contributed by atoms with E-state index >= 15 is 0 Å².